The highest BCUT2D eigenvalue weighted by Gasteiger charge is 2.31. The second-order valence-electron chi connectivity index (χ2n) is 4.15. The van der Waals surface area contributed by atoms with Crippen LogP contribution in [0.5, 0.6) is 0 Å². The first-order chi connectivity index (χ1) is 5.02. The molecule has 0 aliphatic carbocycles. The monoisotopic (exact) mass is 237 g/mol. The molecule has 0 bridgehead atoms. The van der Waals surface area contributed by atoms with E-state index in [1.807, 2.05) is 13.8 Å². The molecule has 0 aromatic carbocycles. The summed E-state index contributed by atoms with van der Waals surface area (Å²) in [5, 5.41) is 9.77. The summed E-state index contributed by atoms with van der Waals surface area (Å²) in [6, 6.07) is 0.358. The Morgan fingerprint density at radius 3 is 2.25 bits per heavy atom. The summed E-state index contributed by atoms with van der Waals surface area (Å²) in [5.74, 6) is 0. The molecule has 1 aliphatic rings. The first kappa shape index (κ1) is 12.4. The van der Waals surface area contributed by atoms with Gasteiger partial charge < -0.3 is 10.0 Å². The van der Waals surface area contributed by atoms with Crippen LogP contribution in [0.3, 0.4) is 0 Å². The van der Waals surface area contributed by atoms with E-state index in [1.165, 1.54) is 12.8 Å². The molecule has 1 saturated heterocycles. The van der Waals surface area contributed by atoms with Crippen LogP contribution in [0.2, 0.25) is 0 Å². The van der Waals surface area contributed by atoms with Gasteiger partial charge in [0.25, 0.3) is 0 Å². The summed E-state index contributed by atoms with van der Waals surface area (Å²) >= 11 is 0. The van der Waals surface area contributed by atoms with Crippen molar-refractivity contribution in [1.82, 2.24) is 4.90 Å². The molecule has 1 atom stereocenters. The van der Waals surface area contributed by atoms with Crippen molar-refractivity contribution in [1.29, 1.82) is 0 Å². The molecule has 2 nitrogen and oxygen atoms in total. The third-order valence-electron chi connectivity index (χ3n) is 2.59. The molecule has 12 heavy (non-hydrogen) atoms. The summed E-state index contributed by atoms with van der Waals surface area (Å²) in [6.07, 6.45) is 3.68. The minimum atomic E-state index is -0.533. The zero-order valence-corrected chi connectivity index (χ0v) is 9.92. The summed E-state index contributed by atoms with van der Waals surface area (Å²) < 4.78 is 0. The minimum Gasteiger partial charge on any atom is -0.389 e. The second kappa shape index (κ2) is 4.58. The Bertz CT molecular complexity index is 133. The van der Waals surface area contributed by atoms with Gasteiger partial charge in [0, 0.05) is 6.04 Å². The molecular formula is C9H20BrNO. The summed E-state index contributed by atoms with van der Waals surface area (Å²) in [4.78, 5) is 2.27. The molecular weight excluding hydrogens is 218 g/mol. The first-order valence-electron chi connectivity index (χ1n) is 4.44. The minimum absolute atomic E-state index is 0. The molecule has 0 radical (unpaired) electrons. The van der Waals surface area contributed by atoms with Gasteiger partial charge in [-0.2, -0.15) is 0 Å². The Kier molecular flexibility index (Phi) is 4.74. The highest BCUT2D eigenvalue weighted by atomic mass is 79.9. The fraction of sp³-hybridized carbons (Fsp3) is 1.00. The number of likely N-dealkylation sites (tertiary alicyclic amines) is 1. The van der Waals surface area contributed by atoms with E-state index < -0.39 is 5.60 Å². The van der Waals surface area contributed by atoms with E-state index in [0.717, 1.165) is 13.0 Å². The molecule has 74 valence electrons. The Balaban J connectivity index is 0.00000121. The van der Waals surface area contributed by atoms with E-state index in [-0.39, 0.29) is 17.0 Å². The van der Waals surface area contributed by atoms with Crippen molar-refractivity contribution in [2.24, 2.45) is 0 Å². The second-order valence-corrected chi connectivity index (χ2v) is 4.15. The van der Waals surface area contributed by atoms with Crippen LogP contribution in [0.25, 0.3) is 0 Å². The Morgan fingerprint density at radius 2 is 1.92 bits per heavy atom. The number of likely N-dealkylation sites (N-methyl/N-ethyl adjacent to an activating group) is 1. The van der Waals surface area contributed by atoms with Crippen molar-refractivity contribution < 1.29 is 5.11 Å². The lowest BCUT2D eigenvalue weighted by atomic mass is 9.90. The van der Waals surface area contributed by atoms with E-state index in [1.54, 1.807) is 0 Å². The number of halogens is 1. The molecule has 1 aliphatic heterocycles. The van der Waals surface area contributed by atoms with Crippen molar-refractivity contribution in [2.45, 2.75) is 44.8 Å². The molecule has 1 unspecified atom stereocenters. The van der Waals surface area contributed by atoms with Gasteiger partial charge in [-0.3, -0.25) is 0 Å². The predicted molar refractivity (Wildman–Crippen MR) is 56.9 cm³/mol. The largest absolute Gasteiger partial charge is 0.389 e. The zero-order valence-electron chi connectivity index (χ0n) is 8.21. The lowest BCUT2D eigenvalue weighted by Gasteiger charge is -2.40. The number of aliphatic hydroxyl groups is 1. The van der Waals surface area contributed by atoms with E-state index >= 15 is 0 Å². The van der Waals surface area contributed by atoms with E-state index in [0.29, 0.717) is 6.04 Å². The summed E-state index contributed by atoms with van der Waals surface area (Å²) in [5.41, 5.74) is -0.533. The number of nitrogens with zero attached hydrogens (tertiary/aromatic N) is 1. The van der Waals surface area contributed by atoms with Crippen LogP contribution in [0, 0.1) is 0 Å². The van der Waals surface area contributed by atoms with Crippen LogP contribution in [-0.2, 0) is 0 Å². The zero-order chi connectivity index (χ0) is 8.48. The molecule has 1 rings (SSSR count). The van der Waals surface area contributed by atoms with Gasteiger partial charge >= 0.3 is 0 Å². The van der Waals surface area contributed by atoms with Gasteiger partial charge in [0.05, 0.1) is 5.60 Å². The van der Waals surface area contributed by atoms with Crippen molar-refractivity contribution in [2.75, 3.05) is 13.6 Å². The smallest absolute Gasteiger partial charge is 0.0746 e. The van der Waals surface area contributed by atoms with E-state index in [9.17, 15) is 5.11 Å². The summed E-state index contributed by atoms with van der Waals surface area (Å²) in [7, 11) is 2.10. The number of piperidine rings is 1. The Labute approximate surface area is 85.7 Å². The van der Waals surface area contributed by atoms with Gasteiger partial charge in [-0.05, 0) is 40.3 Å². The maximum Gasteiger partial charge on any atom is 0.0746 e. The highest BCUT2D eigenvalue weighted by molar-refractivity contribution is 8.93. The standard InChI is InChI=1S/C9H19NO.BrH/c1-9(2,11)8-6-4-5-7-10(8)3;/h8,11H,4-7H2,1-3H3;1H. The van der Waals surface area contributed by atoms with Crippen molar-refractivity contribution in [3.05, 3.63) is 0 Å². The van der Waals surface area contributed by atoms with Gasteiger partial charge in [0.1, 0.15) is 0 Å². The fourth-order valence-electron chi connectivity index (χ4n) is 1.97. The number of rotatable bonds is 1. The SMILES string of the molecule is Br.CN1CCCCC1C(C)(C)O. The van der Waals surface area contributed by atoms with Gasteiger partial charge in [-0.25, -0.2) is 0 Å². The van der Waals surface area contributed by atoms with Crippen LogP contribution >= 0.6 is 17.0 Å². The first-order valence-corrected chi connectivity index (χ1v) is 4.44. The number of hydrogen-bond donors (Lipinski definition) is 1. The predicted octanol–water partition coefficient (Wildman–Crippen LogP) is 1.82. The van der Waals surface area contributed by atoms with Crippen LogP contribution in [0.4, 0.5) is 0 Å². The van der Waals surface area contributed by atoms with Gasteiger partial charge in [0.15, 0.2) is 0 Å². The summed E-state index contributed by atoms with van der Waals surface area (Å²) in [6.45, 7) is 4.94. The van der Waals surface area contributed by atoms with Gasteiger partial charge in [-0.15, -0.1) is 17.0 Å². The van der Waals surface area contributed by atoms with Crippen LogP contribution in [0.1, 0.15) is 33.1 Å². The third-order valence-corrected chi connectivity index (χ3v) is 2.59. The van der Waals surface area contributed by atoms with Gasteiger partial charge in [-0.1, -0.05) is 6.42 Å². The average molecular weight is 238 g/mol. The average Bonchev–Trinajstić information content (AvgIpc) is 1.86. The molecule has 1 heterocycles. The molecule has 0 aromatic rings. The van der Waals surface area contributed by atoms with Crippen LogP contribution in [-0.4, -0.2) is 35.2 Å². The molecule has 0 aromatic heterocycles. The molecule has 1 N–H and O–H groups in total. The fourth-order valence-corrected chi connectivity index (χ4v) is 1.97. The molecule has 0 saturated carbocycles. The van der Waals surface area contributed by atoms with Gasteiger partial charge in [0.2, 0.25) is 0 Å². The molecule has 0 spiro atoms. The maximum atomic E-state index is 9.77. The lowest BCUT2D eigenvalue weighted by molar-refractivity contribution is -0.0259. The molecule has 3 heteroatoms. The van der Waals surface area contributed by atoms with Crippen molar-refractivity contribution in [3.63, 3.8) is 0 Å². The third kappa shape index (κ3) is 3.04. The number of hydrogen-bond acceptors (Lipinski definition) is 2. The van der Waals surface area contributed by atoms with Crippen LogP contribution < -0.4 is 0 Å². The van der Waals surface area contributed by atoms with Crippen molar-refractivity contribution in [3.8, 4) is 0 Å². The van der Waals surface area contributed by atoms with E-state index in [2.05, 4.69) is 11.9 Å². The van der Waals surface area contributed by atoms with E-state index in [4.69, 9.17) is 0 Å². The molecule has 1 fully saturated rings. The van der Waals surface area contributed by atoms with Crippen LogP contribution in [0.15, 0.2) is 0 Å². The highest BCUT2D eigenvalue weighted by Crippen LogP contribution is 2.24. The normalized spacial score (nSPS) is 26.5. The van der Waals surface area contributed by atoms with Crippen molar-refractivity contribution >= 4 is 17.0 Å². The maximum absolute atomic E-state index is 9.77. The topological polar surface area (TPSA) is 23.5 Å². The Hall–Kier alpha value is 0.400. The molecule has 0 amide bonds. The lowest BCUT2D eigenvalue weighted by Crippen LogP contribution is -2.49. The Morgan fingerprint density at radius 1 is 1.33 bits per heavy atom. The quantitative estimate of drug-likeness (QED) is 0.753.